The Kier molecular flexibility index (Phi) is 2.93. The SMILES string of the molecule is Cc1cc2c(cn1)CN(C(=O)Cc1c(C)[nH][nH]c1=O)C2. The van der Waals surface area contributed by atoms with Gasteiger partial charge in [-0.1, -0.05) is 0 Å². The van der Waals surface area contributed by atoms with E-state index in [1.54, 1.807) is 11.8 Å². The third kappa shape index (κ3) is 2.13. The second kappa shape index (κ2) is 4.63. The maximum absolute atomic E-state index is 12.3. The van der Waals surface area contributed by atoms with E-state index in [0.717, 1.165) is 22.5 Å². The molecule has 2 N–H and O–H groups in total. The molecule has 0 spiro atoms. The number of carbonyl (C=O) groups excluding carboxylic acids is 1. The van der Waals surface area contributed by atoms with Crippen molar-refractivity contribution in [3.63, 3.8) is 0 Å². The number of nitrogens with one attached hydrogen (secondary N) is 2. The maximum Gasteiger partial charge on any atom is 0.267 e. The van der Waals surface area contributed by atoms with Gasteiger partial charge < -0.3 is 10.00 Å². The maximum atomic E-state index is 12.3. The molecule has 0 saturated carbocycles. The van der Waals surface area contributed by atoms with E-state index in [1.807, 2.05) is 19.2 Å². The van der Waals surface area contributed by atoms with Gasteiger partial charge in [-0.15, -0.1) is 0 Å². The summed E-state index contributed by atoms with van der Waals surface area (Å²) in [5.74, 6) is -0.0351. The Balaban J connectivity index is 1.76. The number of pyridine rings is 1. The molecule has 6 heteroatoms. The van der Waals surface area contributed by atoms with E-state index >= 15 is 0 Å². The minimum atomic E-state index is -0.218. The van der Waals surface area contributed by atoms with Crippen LogP contribution in [0.25, 0.3) is 0 Å². The Hall–Kier alpha value is -2.37. The minimum Gasteiger partial charge on any atom is -0.334 e. The van der Waals surface area contributed by atoms with Crippen LogP contribution < -0.4 is 5.56 Å². The van der Waals surface area contributed by atoms with Crippen molar-refractivity contribution in [2.45, 2.75) is 33.4 Å². The quantitative estimate of drug-likeness (QED) is 0.848. The lowest BCUT2D eigenvalue weighted by atomic mass is 10.1. The lowest BCUT2D eigenvalue weighted by molar-refractivity contribution is -0.131. The Morgan fingerprint density at radius 2 is 2.05 bits per heavy atom. The van der Waals surface area contributed by atoms with Crippen LogP contribution in [0.3, 0.4) is 0 Å². The number of H-pyrrole nitrogens is 2. The van der Waals surface area contributed by atoms with Crippen molar-refractivity contribution in [2.24, 2.45) is 0 Å². The summed E-state index contributed by atoms with van der Waals surface area (Å²) in [6, 6.07) is 2.01. The van der Waals surface area contributed by atoms with E-state index in [4.69, 9.17) is 0 Å². The molecule has 3 heterocycles. The predicted octanol–water partition coefficient (Wildman–Crippen LogP) is 0.800. The second-order valence-electron chi connectivity index (χ2n) is 5.20. The van der Waals surface area contributed by atoms with Gasteiger partial charge in [0.25, 0.3) is 5.56 Å². The van der Waals surface area contributed by atoms with Gasteiger partial charge in [0.15, 0.2) is 0 Å². The van der Waals surface area contributed by atoms with Gasteiger partial charge in [0.05, 0.1) is 6.42 Å². The van der Waals surface area contributed by atoms with Crippen molar-refractivity contribution >= 4 is 5.91 Å². The Labute approximate surface area is 115 Å². The van der Waals surface area contributed by atoms with Crippen molar-refractivity contribution in [1.82, 2.24) is 20.1 Å². The molecular weight excluding hydrogens is 256 g/mol. The zero-order chi connectivity index (χ0) is 14.3. The molecule has 1 aliphatic heterocycles. The van der Waals surface area contributed by atoms with Crippen LogP contribution in [0.4, 0.5) is 0 Å². The lowest BCUT2D eigenvalue weighted by Gasteiger charge is -2.14. The molecule has 20 heavy (non-hydrogen) atoms. The largest absolute Gasteiger partial charge is 0.334 e. The third-order valence-corrected chi connectivity index (χ3v) is 3.71. The average molecular weight is 272 g/mol. The fourth-order valence-corrected chi connectivity index (χ4v) is 2.53. The summed E-state index contributed by atoms with van der Waals surface area (Å²) in [6.07, 6.45) is 1.96. The molecule has 1 amide bonds. The fourth-order valence-electron chi connectivity index (χ4n) is 2.53. The molecule has 0 aliphatic carbocycles. The van der Waals surface area contributed by atoms with Crippen LogP contribution in [0.2, 0.25) is 0 Å². The number of fused-ring (bicyclic) bond motifs is 1. The summed E-state index contributed by atoms with van der Waals surface area (Å²) in [7, 11) is 0. The number of aryl methyl sites for hydroxylation is 2. The highest BCUT2D eigenvalue weighted by molar-refractivity contribution is 5.79. The molecule has 104 valence electrons. The summed E-state index contributed by atoms with van der Waals surface area (Å²) in [5.41, 5.74) is 4.20. The molecule has 0 unspecified atom stereocenters. The first-order valence-corrected chi connectivity index (χ1v) is 6.53. The van der Waals surface area contributed by atoms with Gasteiger partial charge in [0.2, 0.25) is 5.91 Å². The Bertz CT molecular complexity index is 729. The van der Waals surface area contributed by atoms with Crippen molar-refractivity contribution in [3.05, 3.63) is 50.7 Å². The zero-order valence-corrected chi connectivity index (χ0v) is 11.5. The van der Waals surface area contributed by atoms with Crippen LogP contribution >= 0.6 is 0 Å². The fraction of sp³-hybridized carbons (Fsp3) is 0.357. The smallest absolute Gasteiger partial charge is 0.267 e. The van der Waals surface area contributed by atoms with Crippen LogP contribution in [0.15, 0.2) is 17.1 Å². The van der Waals surface area contributed by atoms with Crippen molar-refractivity contribution in [3.8, 4) is 0 Å². The summed E-state index contributed by atoms with van der Waals surface area (Å²) < 4.78 is 0. The number of aromatic nitrogens is 3. The van der Waals surface area contributed by atoms with Gasteiger partial charge in [-0.2, -0.15) is 0 Å². The molecule has 0 atom stereocenters. The van der Waals surface area contributed by atoms with Gasteiger partial charge >= 0.3 is 0 Å². The van der Waals surface area contributed by atoms with Gasteiger partial charge in [-0.3, -0.25) is 19.7 Å². The number of hydrogen-bond donors (Lipinski definition) is 2. The monoisotopic (exact) mass is 272 g/mol. The molecule has 0 aromatic carbocycles. The minimum absolute atomic E-state index is 0.0351. The van der Waals surface area contributed by atoms with E-state index < -0.39 is 0 Å². The Morgan fingerprint density at radius 1 is 1.30 bits per heavy atom. The average Bonchev–Trinajstić information content (AvgIpc) is 2.96. The standard InChI is InChI=1S/C14H16N4O2/c1-8-3-10-6-18(7-11(10)5-15-8)13(19)4-12-9(2)16-17-14(12)20/h3,5H,4,6-7H2,1-2H3,(H2,16,17,20). The highest BCUT2D eigenvalue weighted by Crippen LogP contribution is 2.23. The van der Waals surface area contributed by atoms with Crippen molar-refractivity contribution in [2.75, 3.05) is 0 Å². The molecule has 2 aromatic heterocycles. The molecule has 1 aliphatic rings. The van der Waals surface area contributed by atoms with Crippen LogP contribution in [0, 0.1) is 13.8 Å². The molecule has 0 fully saturated rings. The summed E-state index contributed by atoms with van der Waals surface area (Å²) in [5, 5.41) is 5.24. The highest BCUT2D eigenvalue weighted by Gasteiger charge is 2.25. The van der Waals surface area contributed by atoms with Crippen LogP contribution in [-0.4, -0.2) is 26.0 Å². The normalized spacial score (nSPS) is 13.6. The van der Waals surface area contributed by atoms with Crippen LogP contribution in [0.1, 0.15) is 28.1 Å². The topological polar surface area (TPSA) is 81.8 Å². The van der Waals surface area contributed by atoms with Crippen LogP contribution in [0.5, 0.6) is 0 Å². The molecule has 2 aromatic rings. The van der Waals surface area contributed by atoms with E-state index in [9.17, 15) is 9.59 Å². The summed E-state index contributed by atoms with van der Waals surface area (Å²) >= 11 is 0. The zero-order valence-electron chi connectivity index (χ0n) is 11.5. The van der Waals surface area contributed by atoms with E-state index in [2.05, 4.69) is 15.2 Å². The van der Waals surface area contributed by atoms with E-state index in [-0.39, 0.29) is 17.9 Å². The van der Waals surface area contributed by atoms with E-state index in [0.29, 0.717) is 18.7 Å². The van der Waals surface area contributed by atoms with Crippen molar-refractivity contribution in [1.29, 1.82) is 0 Å². The van der Waals surface area contributed by atoms with Gasteiger partial charge in [0, 0.05) is 36.2 Å². The molecule has 0 radical (unpaired) electrons. The molecule has 0 bridgehead atoms. The predicted molar refractivity (Wildman–Crippen MR) is 73.1 cm³/mol. The molecular formula is C14H16N4O2. The van der Waals surface area contributed by atoms with Gasteiger partial charge in [0.1, 0.15) is 0 Å². The molecule has 3 rings (SSSR count). The highest BCUT2D eigenvalue weighted by atomic mass is 16.2. The first-order valence-electron chi connectivity index (χ1n) is 6.53. The number of rotatable bonds is 2. The molecule has 0 saturated heterocycles. The lowest BCUT2D eigenvalue weighted by Crippen LogP contribution is -2.28. The number of hydrogen-bond acceptors (Lipinski definition) is 3. The number of nitrogens with zero attached hydrogens (tertiary/aromatic N) is 2. The first-order chi connectivity index (χ1) is 9.54. The van der Waals surface area contributed by atoms with Crippen LogP contribution in [-0.2, 0) is 24.3 Å². The summed E-state index contributed by atoms with van der Waals surface area (Å²) in [4.78, 5) is 29.9. The number of aromatic amines is 2. The second-order valence-corrected chi connectivity index (χ2v) is 5.20. The van der Waals surface area contributed by atoms with Gasteiger partial charge in [-0.05, 0) is 31.0 Å². The summed E-state index contributed by atoms with van der Waals surface area (Å²) in [6.45, 7) is 4.89. The number of carbonyl (C=O) groups is 1. The molecule has 6 nitrogen and oxygen atoms in total. The van der Waals surface area contributed by atoms with Gasteiger partial charge in [-0.25, -0.2) is 0 Å². The third-order valence-electron chi connectivity index (χ3n) is 3.71. The van der Waals surface area contributed by atoms with Crippen molar-refractivity contribution < 1.29 is 4.79 Å². The van der Waals surface area contributed by atoms with E-state index in [1.165, 1.54) is 0 Å². The number of amides is 1. The first kappa shape index (κ1) is 12.7. The Morgan fingerprint density at radius 3 is 2.75 bits per heavy atom.